The third-order valence-corrected chi connectivity index (χ3v) is 3.27. The maximum Gasteiger partial charge on any atom is 0.254 e. The lowest BCUT2D eigenvalue weighted by atomic mass is 9.95. The number of anilines is 1. The molecule has 5 nitrogen and oxygen atoms in total. The molecule has 106 valence electrons. The number of hydrazine groups is 1. The number of carbonyl (C=O) groups excluding carboxylic acids is 1. The van der Waals surface area contributed by atoms with E-state index in [0.717, 1.165) is 11.3 Å². The number of halogens is 2. The normalized spacial score (nSPS) is 17.3. The van der Waals surface area contributed by atoms with Gasteiger partial charge >= 0.3 is 0 Å². The minimum Gasteiger partial charge on any atom is -0.324 e. The number of hydroxylamine groups is 2. The Morgan fingerprint density at radius 3 is 2.68 bits per heavy atom. The first-order valence-corrected chi connectivity index (χ1v) is 6.02. The van der Waals surface area contributed by atoms with Crippen molar-refractivity contribution in [2.75, 3.05) is 12.0 Å². The quantitative estimate of drug-likeness (QED) is 0.664. The molecular weight excluding hydrogens is 289 g/mol. The van der Waals surface area contributed by atoms with Gasteiger partial charge in [0.25, 0.3) is 5.91 Å². The fourth-order valence-corrected chi connectivity index (χ4v) is 1.98. The third kappa shape index (κ3) is 3.30. The number of nitrogens with one attached hydrogen (secondary N) is 1. The van der Waals surface area contributed by atoms with Crippen LogP contribution < -0.4 is 11.3 Å². The van der Waals surface area contributed by atoms with E-state index in [1.807, 2.05) is 19.9 Å². The van der Waals surface area contributed by atoms with Crippen LogP contribution in [0.15, 0.2) is 18.2 Å². The molecule has 1 aromatic carbocycles. The predicted octanol–water partition coefficient (Wildman–Crippen LogP) is 2.35. The molecular formula is C12H17Cl2N3O2. The van der Waals surface area contributed by atoms with E-state index in [9.17, 15) is 4.79 Å². The van der Waals surface area contributed by atoms with Crippen molar-refractivity contribution >= 4 is 35.6 Å². The van der Waals surface area contributed by atoms with Crippen molar-refractivity contribution in [2.24, 2.45) is 11.3 Å². The van der Waals surface area contributed by atoms with E-state index in [-0.39, 0.29) is 18.3 Å². The number of benzene rings is 1. The molecule has 7 heteroatoms. The Hall–Kier alpha value is -1.01. The van der Waals surface area contributed by atoms with Gasteiger partial charge in [0.1, 0.15) is 0 Å². The van der Waals surface area contributed by atoms with Crippen LogP contribution in [0, 0.1) is 5.41 Å². The minimum atomic E-state index is -0.467. The van der Waals surface area contributed by atoms with Crippen molar-refractivity contribution in [1.82, 2.24) is 5.06 Å². The van der Waals surface area contributed by atoms with E-state index >= 15 is 0 Å². The SMILES string of the molecule is CC1(C)CON(Cc2ccc(NN)cc2Cl)C1=O.Cl. The summed E-state index contributed by atoms with van der Waals surface area (Å²) in [4.78, 5) is 17.4. The molecule has 1 aromatic rings. The highest BCUT2D eigenvalue weighted by Gasteiger charge is 2.40. The predicted molar refractivity (Wildman–Crippen MR) is 76.8 cm³/mol. The lowest BCUT2D eigenvalue weighted by molar-refractivity contribution is -0.165. The van der Waals surface area contributed by atoms with E-state index in [0.29, 0.717) is 18.2 Å². The average molecular weight is 306 g/mol. The van der Waals surface area contributed by atoms with Gasteiger partial charge in [0.15, 0.2) is 0 Å². The first-order chi connectivity index (χ1) is 8.44. The van der Waals surface area contributed by atoms with Crippen molar-refractivity contribution in [2.45, 2.75) is 20.4 Å². The van der Waals surface area contributed by atoms with E-state index in [4.69, 9.17) is 22.3 Å². The van der Waals surface area contributed by atoms with Crippen LogP contribution in [0.2, 0.25) is 5.02 Å². The molecule has 0 unspecified atom stereocenters. The van der Waals surface area contributed by atoms with Crippen molar-refractivity contribution in [3.8, 4) is 0 Å². The lowest BCUT2D eigenvalue weighted by Crippen LogP contribution is -2.30. The highest BCUT2D eigenvalue weighted by molar-refractivity contribution is 6.31. The number of carbonyl (C=O) groups is 1. The average Bonchev–Trinajstić information content (AvgIpc) is 2.58. The van der Waals surface area contributed by atoms with Gasteiger partial charge in [0.05, 0.1) is 18.6 Å². The van der Waals surface area contributed by atoms with Crippen LogP contribution in [0.4, 0.5) is 5.69 Å². The van der Waals surface area contributed by atoms with E-state index in [1.165, 1.54) is 5.06 Å². The highest BCUT2D eigenvalue weighted by Crippen LogP contribution is 2.30. The Morgan fingerprint density at radius 2 is 2.21 bits per heavy atom. The summed E-state index contributed by atoms with van der Waals surface area (Å²) < 4.78 is 0. The number of hydrogen-bond acceptors (Lipinski definition) is 4. The molecule has 1 aliphatic heterocycles. The Labute approximate surface area is 123 Å². The van der Waals surface area contributed by atoms with Crippen LogP contribution in [-0.2, 0) is 16.2 Å². The number of nitrogens with zero attached hydrogens (tertiary/aromatic N) is 1. The van der Waals surface area contributed by atoms with Crippen molar-refractivity contribution in [1.29, 1.82) is 0 Å². The van der Waals surface area contributed by atoms with E-state index in [2.05, 4.69) is 5.43 Å². The molecule has 1 saturated heterocycles. The molecule has 0 aromatic heterocycles. The van der Waals surface area contributed by atoms with Crippen LogP contribution in [0.5, 0.6) is 0 Å². The van der Waals surface area contributed by atoms with Gasteiger partial charge in [-0.2, -0.15) is 0 Å². The van der Waals surface area contributed by atoms with Crippen LogP contribution in [-0.4, -0.2) is 17.6 Å². The Kier molecular flexibility index (Phi) is 5.04. The number of rotatable bonds is 3. The molecule has 0 bridgehead atoms. The molecule has 0 spiro atoms. The molecule has 1 heterocycles. The van der Waals surface area contributed by atoms with Gasteiger partial charge in [-0.3, -0.25) is 15.5 Å². The fourth-order valence-electron chi connectivity index (χ4n) is 1.73. The highest BCUT2D eigenvalue weighted by atomic mass is 35.5. The Bertz CT molecular complexity index is 480. The molecule has 1 aliphatic rings. The minimum absolute atomic E-state index is 0. The second kappa shape index (κ2) is 5.96. The standard InChI is InChI=1S/C12H16ClN3O2.ClH/c1-12(2)7-18-16(11(12)17)6-8-3-4-9(15-14)5-10(8)13;/h3-5,15H,6-7,14H2,1-2H3;1H. The van der Waals surface area contributed by atoms with Gasteiger partial charge < -0.3 is 5.43 Å². The lowest BCUT2D eigenvalue weighted by Gasteiger charge is -2.17. The summed E-state index contributed by atoms with van der Waals surface area (Å²) in [5.41, 5.74) is 3.59. The summed E-state index contributed by atoms with van der Waals surface area (Å²) in [5, 5.41) is 1.91. The molecule has 3 N–H and O–H groups in total. The second-order valence-corrected chi connectivity index (χ2v) is 5.36. The molecule has 1 amide bonds. The van der Waals surface area contributed by atoms with Crippen LogP contribution in [0.3, 0.4) is 0 Å². The van der Waals surface area contributed by atoms with Gasteiger partial charge in [-0.15, -0.1) is 12.4 Å². The van der Waals surface area contributed by atoms with Crippen LogP contribution in [0.25, 0.3) is 0 Å². The van der Waals surface area contributed by atoms with Gasteiger partial charge in [-0.05, 0) is 31.5 Å². The molecule has 0 atom stereocenters. The first kappa shape index (κ1) is 16.0. The topological polar surface area (TPSA) is 67.6 Å². The number of nitrogen functional groups attached to an aromatic ring is 1. The largest absolute Gasteiger partial charge is 0.324 e. The molecule has 1 fully saturated rings. The zero-order valence-corrected chi connectivity index (χ0v) is 12.3. The maximum atomic E-state index is 12.0. The zero-order valence-electron chi connectivity index (χ0n) is 10.8. The smallest absolute Gasteiger partial charge is 0.254 e. The molecule has 19 heavy (non-hydrogen) atoms. The Morgan fingerprint density at radius 1 is 1.53 bits per heavy atom. The molecule has 0 saturated carbocycles. The van der Waals surface area contributed by atoms with Crippen molar-refractivity contribution < 1.29 is 9.63 Å². The summed E-state index contributed by atoms with van der Waals surface area (Å²) in [6, 6.07) is 5.33. The van der Waals surface area contributed by atoms with Gasteiger partial charge in [-0.1, -0.05) is 17.7 Å². The second-order valence-electron chi connectivity index (χ2n) is 4.95. The first-order valence-electron chi connectivity index (χ1n) is 5.64. The monoisotopic (exact) mass is 305 g/mol. The molecule has 2 rings (SSSR count). The van der Waals surface area contributed by atoms with E-state index < -0.39 is 5.41 Å². The summed E-state index contributed by atoms with van der Waals surface area (Å²) in [7, 11) is 0. The number of amides is 1. The third-order valence-electron chi connectivity index (χ3n) is 2.92. The molecule has 0 radical (unpaired) electrons. The fraction of sp³-hybridized carbons (Fsp3) is 0.417. The molecule has 0 aliphatic carbocycles. The van der Waals surface area contributed by atoms with Gasteiger partial charge in [0.2, 0.25) is 0 Å². The van der Waals surface area contributed by atoms with Gasteiger partial charge in [0, 0.05) is 10.7 Å². The Balaban J connectivity index is 0.00000180. The maximum absolute atomic E-state index is 12.0. The van der Waals surface area contributed by atoms with Crippen molar-refractivity contribution in [3.63, 3.8) is 0 Å². The zero-order chi connectivity index (χ0) is 13.3. The summed E-state index contributed by atoms with van der Waals surface area (Å²) in [6.45, 7) is 4.45. The summed E-state index contributed by atoms with van der Waals surface area (Å²) in [5.74, 6) is 5.26. The van der Waals surface area contributed by atoms with Crippen LogP contribution >= 0.6 is 24.0 Å². The number of hydrogen-bond donors (Lipinski definition) is 2. The summed E-state index contributed by atoms with van der Waals surface area (Å²) in [6.07, 6.45) is 0. The number of nitrogens with two attached hydrogens (primary N) is 1. The van der Waals surface area contributed by atoms with Gasteiger partial charge in [-0.25, -0.2) is 5.06 Å². The van der Waals surface area contributed by atoms with Crippen LogP contribution in [0.1, 0.15) is 19.4 Å². The van der Waals surface area contributed by atoms with E-state index in [1.54, 1.807) is 12.1 Å². The van der Waals surface area contributed by atoms with Crippen molar-refractivity contribution in [3.05, 3.63) is 28.8 Å². The summed E-state index contributed by atoms with van der Waals surface area (Å²) >= 11 is 6.12.